The number of ether oxygens (including phenoxy) is 1. The SMILES string of the molecule is CCCOc1ccc(-c2ccc3c(F)c(CCc4ccc(F)cc4)ccc3c2)c(F)c1. The van der Waals surface area contributed by atoms with E-state index in [0.29, 0.717) is 52.7 Å². The molecule has 0 aliphatic carbocycles. The largest absolute Gasteiger partial charge is 0.494 e. The minimum absolute atomic E-state index is 0.269. The summed E-state index contributed by atoms with van der Waals surface area (Å²) in [6.07, 6.45) is 1.99. The quantitative estimate of drug-likeness (QED) is 0.301. The number of fused-ring (bicyclic) bond motifs is 1. The standard InChI is InChI=1S/C27H23F3O/c1-2-15-31-23-12-14-24(26(29)17-23)20-9-13-25-21(16-20)8-7-19(27(25)30)6-3-18-4-10-22(28)11-5-18/h4-5,7-14,16-17H,2-3,6,15H2,1H3. The van der Waals surface area contributed by atoms with Crippen LogP contribution in [0.15, 0.2) is 72.8 Å². The molecule has 0 bridgehead atoms. The predicted octanol–water partition coefficient (Wildman–Crippen LogP) is 7.50. The molecule has 0 fully saturated rings. The van der Waals surface area contributed by atoms with Gasteiger partial charge in [-0.25, -0.2) is 13.2 Å². The highest BCUT2D eigenvalue weighted by molar-refractivity contribution is 5.88. The Morgan fingerprint density at radius 2 is 1.58 bits per heavy atom. The Morgan fingerprint density at radius 1 is 0.774 bits per heavy atom. The molecule has 0 radical (unpaired) electrons. The van der Waals surface area contributed by atoms with Crippen molar-refractivity contribution >= 4 is 10.8 Å². The smallest absolute Gasteiger partial charge is 0.134 e. The minimum Gasteiger partial charge on any atom is -0.494 e. The van der Waals surface area contributed by atoms with Crippen LogP contribution in [0.2, 0.25) is 0 Å². The van der Waals surface area contributed by atoms with Crippen molar-refractivity contribution in [2.45, 2.75) is 26.2 Å². The predicted molar refractivity (Wildman–Crippen MR) is 119 cm³/mol. The molecule has 0 unspecified atom stereocenters. The number of rotatable bonds is 7. The normalized spacial score (nSPS) is 11.1. The molecular weight excluding hydrogens is 397 g/mol. The van der Waals surface area contributed by atoms with Gasteiger partial charge in [-0.15, -0.1) is 0 Å². The third kappa shape index (κ3) is 4.74. The Morgan fingerprint density at radius 3 is 2.32 bits per heavy atom. The van der Waals surface area contributed by atoms with Gasteiger partial charge in [0.2, 0.25) is 0 Å². The van der Waals surface area contributed by atoms with E-state index in [4.69, 9.17) is 4.74 Å². The van der Waals surface area contributed by atoms with Crippen molar-refractivity contribution in [1.29, 1.82) is 0 Å². The lowest BCUT2D eigenvalue weighted by atomic mass is 9.97. The number of benzene rings is 4. The summed E-state index contributed by atoms with van der Waals surface area (Å²) in [6, 6.07) is 19.9. The Hall–Kier alpha value is -3.27. The molecule has 4 rings (SSSR count). The average Bonchev–Trinajstić information content (AvgIpc) is 2.78. The first-order valence-corrected chi connectivity index (χ1v) is 10.4. The molecule has 0 saturated carbocycles. The fraction of sp³-hybridized carbons (Fsp3) is 0.185. The van der Waals surface area contributed by atoms with Gasteiger partial charge in [-0.2, -0.15) is 0 Å². The topological polar surface area (TPSA) is 9.23 Å². The first kappa shape index (κ1) is 21.0. The average molecular weight is 420 g/mol. The van der Waals surface area contributed by atoms with E-state index in [-0.39, 0.29) is 17.5 Å². The second kappa shape index (κ2) is 9.25. The van der Waals surface area contributed by atoms with E-state index in [1.54, 1.807) is 48.5 Å². The molecule has 4 aromatic carbocycles. The van der Waals surface area contributed by atoms with Gasteiger partial charge >= 0.3 is 0 Å². The molecule has 0 heterocycles. The van der Waals surface area contributed by atoms with Crippen LogP contribution in [0.1, 0.15) is 24.5 Å². The van der Waals surface area contributed by atoms with E-state index in [0.717, 1.165) is 12.0 Å². The highest BCUT2D eigenvalue weighted by atomic mass is 19.1. The van der Waals surface area contributed by atoms with Crippen LogP contribution in [0.3, 0.4) is 0 Å². The summed E-state index contributed by atoms with van der Waals surface area (Å²) < 4.78 is 48.2. The Labute approximate surface area is 180 Å². The molecular formula is C27H23F3O. The van der Waals surface area contributed by atoms with Crippen molar-refractivity contribution in [3.63, 3.8) is 0 Å². The summed E-state index contributed by atoms with van der Waals surface area (Å²) in [7, 11) is 0. The van der Waals surface area contributed by atoms with Crippen LogP contribution in [-0.2, 0) is 12.8 Å². The third-order valence-corrected chi connectivity index (χ3v) is 5.35. The highest BCUT2D eigenvalue weighted by Gasteiger charge is 2.12. The van der Waals surface area contributed by atoms with E-state index in [1.165, 1.54) is 18.2 Å². The van der Waals surface area contributed by atoms with Crippen molar-refractivity contribution in [2.24, 2.45) is 0 Å². The van der Waals surface area contributed by atoms with Crippen molar-refractivity contribution < 1.29 is 17.9 Å². The molecule has 0 amide bonds. The Bertz CT molecular complexity index is 1200. The van der Waals surface area contributed by atoms with Gasteiger partial charge in [-0.1, -0.05) is 43.3 Å². The van der Waals surface area contributed by atoms with Crippen LogP contribution in [0.4, 0.5) is 13.2 Å². The number of hydrogen-bond donors (Lipinski definition) is 0. The zero-order valence-electron chi connectivity index (χ0n) is 17.3. The van der Waals surface area contributed by atoms with Gasteiger partial charge in [0.15, 0.2) is 0 Å². The maximum atomic E-state index is 15.1. The zero-order valence-corrected chi connectivity index (χ0v) is 17.3. The molecule has 0 aliphatic heterocycles. The van der Waals surface area contributed by atoms with Crippen LogP contribution in [-0.4, -0.2) is 6.61 Å². The summed E-state index contributed by atoms with van der Waals surface area (Å²) in [6.45, 7) is 2.53. The monoisotopic (exact) mass is 420 g/mol. The number of hydrogen-bond acceptors (Lipinski definition) is 1. The molecule has 0 aliphatic rings. The summed E-state index contributed by atoms with van der Waals surface area (Å²) in [4.78, 5) is 0. The van der Waals surface area contributed by atoms with Gasteiger partial charge < -0.3 is 4.74 Å². The molecule has 0 N–H and O–H groups in total. The lowest BCUT2D eigenvalue weighted by molar-refractivity contribution is 0.316. The van der Waals surface area contributed by atoms with Crippen molar-refractivity contribution in [3.05, 3.63) is 101 Å². The van der Waals surface area contributed by atoms with Crippen LogP contribution in [0, 0.1) is 17.5 Å². The molecule has 1 nitrogen and oxygen atoms in total. The van der Waals surface area contributed by atoms with Gasteiger partial charge in [-0.05, 0) is 71.7 Å². The van der Waals surface area contributed by atoms with Crippen molar-refractivity contribution in [3.8, 4) is 16.9 Å². The molecule has 4 heteroatoms. The molecule has 158 valence electrons. The lowest BCUT2D eigenvalue weighted by Gasteiger charge is -2.11. The molecule has 31 heavy (non-hydrogen) atoms. The van der Waals surface area contributed by atoms with Crippen LogP contribution < -0.4 is 4.74 Å². The third-order valence-electron chi connectivity index (χ3n) is 5.35. The van der Waals surface area contributed by atoms with Gasteiger partial charge in [0.05, 0.1) is 6.61 Å². The first-order valence-electron chi connectivity index (χ1n) is 10.4. The minimum atomic E-state index is -0.371. The van der Waals surface area contributed by atoms with Gasteiger partial charge in [0.1, 0.15) is 23.2 Å². The first-order chi connectivity index (χ1) is 15.0. The zero-order chi connectivity index (χ0) is 21.8. The van der Waals surface area contributed by atoms with Crippen LogP contribution in [0.5, 0.6) is 5.75 Å². The fourth-order valence-electron chi connectivity index (χ4n) is 3.67. The van der Waals surface area contributed by atoms with E-state index in [9.17, 15) is 8.78 Å². The van der Waals surface area contributed by atoms with E-state index < -0.39 is 0 Å². The summed E-state index contributed by atoms with van der Waals surface area (Å²) in [5.74, 6) is -0.420. The highest BCUT2D eigenvalue weighted by Crippen LogP contribution is 2.31. The molecule has 4 aromatic rings. The van der Waals surface area contributed by atoms with E-state index in [2.05, 4.69) is 0 Å². The maximum Gasteiger partial charge on any atom is 0.134 e. The van der Waals surface area contributed by atoms with Crippen LogP contribution >= 0.6 is 0 Å². The van der Waals surface area contributed by atoms with Crippen molar-refractivity contribution in [1.82, 2.24) is 0 Å². The molecule has 0 saturated heterocycles. The summed E-state index contributed by atoms with van der Waals surface area (Å²) >= 11 is 0. The van der Waals surface area contributed by atoms with Crippen molar-refractivity contribution in [2.75, 3.05) is 6.61 Å². The summed E-state index contributed by atoms with van der Waals surface area (Å²) in [5.41, 5.74) is 2.70. The fourth-order valence-corrected chi connectivity index (χ4v) is 3.67. The van der Waals surface area contributed by atoms with Gasteiger partial charge in [-0.3, -0.25) is 0 Å². The van der Waals surface area contributed by atoms with E-state index >= 15 is 4.39 Å². The van der Waals surface area contributed by atoms with Crippen LogP contribution in [0.25, 0.3) is 21.9 Å². The Balaban J connectivity index is 1.57. The maximum absolute atomic E-state index is 15.1. The van der Waals surface area contributed by atoms with Gasteiger partial charge in [0, 0.05) is 17.0 Å². The van der Waals surface area contributed by atoms with E-state index in [1.807, 2.05) is 13.0 Å². The second-order valence-corrected chi connectivity index (χ2v) is 7.59. The second-order valence-electron chi connectivity index (χ2n) is 7.59. The Kier molecular flexibility index (Phi) is 6.26. The number of halogens is 3. The molecule has 0 aromatic heterocycles. The number of aryl methyl sites for hydroxylation is 2. The van der Waals surface area contributed by atoms with Gasteiger partial charge in [0.25, 0.3) is 0 Å². The molecule has 0 spiro atoms. The summed E-state index contributed by atoms with van der Waals surface area (Å²) in [5, 5.41) is 1.22. The molecule has 0 atom stereocenters. The lowest BCUT2D eigenvalue weighted by Crippen LogP contribution is -1.97.